The van der Waals surface area contributed by atoms with Crippen molar-refractivity contribution in [2.24, 2.45) is 0 Å². The van der Waals surface area contributed by atoms with Crippen LogP contribution in [0.3, 0.4) is 0 Å². The fourth-order valence-electron chi connectivity index (χ4n) is 15.5. The third-order valence-corrected chi connectivity index (χ3v) is 20.9. The maximum atomic E-state index is 2.84. The van der Waals surface area contributed by atoms with Crippen LogP contribution in [0.2, 0.25) is 0 Å². The smallest absolute Gasteiger partial charge is 0.252 e. The Labute approximate surface area is 526 Å². The summed E-state index contributed by atoms with van der Waals surface area (Å²) < 4.78 is 0. The van der Waals surface area contributed by atoms with Gasteiger partial charge in [0.2, 0.25) is 0 Å². The van der Waals surface area contributed by atoms with Crippen LogP contribution >= 0.6 is 0 Å². The van der Waals surface area contributed by atoms with Crippen molar-refractivity contribution in [2.75, 3.05) is 14.7 Å². The van der Waals surface area contributed by atoms with E-state index < -0.39 is 0 Å². The minimum Gasteiger partial charge on any atom is -0.334 e. The number of hydrogen-bond donors (Lipinski definition) is 0. The highest BCUT2D eigenvalue weighted by Gasteiger charge is 2.58. The van der Waals surface area contributed by atoms with E-state index in [2.05, 4.69) is 330 Å². The monoisotopic (exact) mass is 1150 g/mol. The van der Waals surface area contributed by atoms with Crippen molar-refractivity contribution in [1.29, 1.82) is 0 Å². The van der Waals surface area contributed by atoms with Crippen LogP contribution in [0.5, 0.6) is 0 Å². The van der Waals surface area contributed by atoms with Crippen molar-refractivity contribution in [3.63, 3.8) is 0 Å². The molecule has 1 saturated carbocycles. The van der Waals surface area contributed by atoms with Crippen LogP contribution in [0, 0.1) is 0 Å². The zero-order valence-corrected chi connectivity index (χ0v) is 54.5. The molecule has 1 aliphatic carbocycles. The van der Waals surface area contributed by atoms with E-state index in [9.17, 15) is 0 Å². The van der Waals surface area contributed by atoms with Gasteiger partial charge >= 0.3 is 0 Å². The van der Waals surface area contributed by atoms with E-state index in [1.165, 1.54) is 147 Å². The molecule has 0 aromatic heterocycles. The molecule has 3 heterocycles. The third kappa shape index (κ3) is 9.37. The summed E-state index contributed by atoms with van der Waals surface area (Å²) in [4.78, 5) is 8.24. The lowest BCUT2D eigenvalue weighted by Gasteiger charge is -2.51. The fraction of sp³-hybridized carbons (Fsp3) is 0.286. The Morgan fingerprint density at radius 1 is 0.330 bits per heavy atom. The molecule has 88 heavy (non-hydrogen) atoms. The van der Waals surface area contributed by atoms with Crippen LogP contribution in [-0.2, 0) is 27.1 Å². The summed E-state index contributed by atoms with van der Waals surface area (Å²) in [5, 5.41) is 0. The molecular formula is C84H86BN3. The highest BCUT2D eigenvalue weighted by atomic mass is 15.3. The van der Waals surface area contributed by atoms with Gasteiger partial charge in [-0.15, -0.1) is 0 Å². The Morgan fingerprint density at radius 2 is 0.750 bits per heavy atom. The molecule has 10 aromatic rings. The highest BCUT2D eigenvalue weighted by molar-refractivity contribution is 7.00. The number of anilines is 8. The number of benzene rings is 10. The first kappa shape index (κ1) is 57.4. The molecule has 0 amide bonds. The lowest BCUT2D eigenvalue weighted by atomic mass is 9.33. The molecule has 14 rings (SSSR count). The Bertz CT molecular complexity index is 4340. The number of rotatable bonds is 7. The Kier molecular flexibility index (Phi) is 13.5. The van der Waals surface area contributed by atoms with Gasteiger partial charge in [-0.1, -0.05) is 261 Å². The standard InChI is InChI=1S/C84H86BN3/c1-79(2,3)61-36-32-56(33-37-61)59-34-42-73-68(48-59)83(13)46-24-25-47-84(83,14)88(73)65-53-76-78-77(54-65)87(72-45-40-63(81(7,8)9)51-67(72)58-30-22-17-23-31-58)75-52-64(82(10,11)12)38-41-69(75)85(78)70-49-60(55-26-18-15-19-27-55)35-43-74(70)86(76)71-44-39-62(80(4,5)6)50-66(71)57-28-20-16-21-29-57/h15-23,26-45,48-54H,24-25,46-47H2,1-14H3. The topological polar surface area (TPSA) is 9.72 Å². The van der Waals surface area contributed by atoms with E-state index in [1.807, 2.05) is 0 Å². The van der Waals surface area contributed by atoms with E-state index >= 15 is 0 Å². The van der Waals surface area contributed by atoms with E-state index in [-0.39, 0.29) is 39.3 Å². The first-order chi connectivity index (χ1) is 41.9. The van der Waals surface area contributed by atoms with Gasteiger partial charge in [-0.3, -0.25) is 0 Å². The molecule has 0 radical (unpaired) electrons. The number of fused-ring (bicyclic) bond motifs is 7. The van der Waals surface area contributed by atoms with E-state index in [4.69, 9.17) is 0 Å². The average molecular weight is 1150 g/mol. The van der Waals surface area contributed by atoms with Crippen molar-refractivity contribution in [3.8, 4) is 44.5 Å². The molecule has 0 bridgehead atoms. The van der Waals surface area contributed by atoms with Crippen LogP contribution < -0.4 is 31.1 Å². The second kappa shape index (κ2) is 20.6. The summed E-state index contributed by atoms with van der Waals surface area (Å²) in [5.41, 5.74) is 29.7. The van der Waals surface area contributed by atoms with Gasteiger partial charge in [-0.05, 0) is 180 Å². The SMILES string of the molecule is CC(C)(C)c1ccc(-c2ccc3c(c2)C2(C)CCCCC2(C)N3c2cc3c4c(c2)N(c2ccc(C(C)(C)C)cc2-c2ccccc2)c2cc(C(C)(C)C)ccc2B4c2cc(-c4ccccc4)ccc2N3c2ccc(C(C)(C)C)cc2-c2ccccc2)cc1. The molecular weight excluding hydrogens is 1060 g/mol. The van der Waals surface area contributed by atoms with E-state index in [0.29, 0.717) is 0 Å². The van der Waals surface area contributed by atoms with Gasteiger partial charge in [0.05, 0.1) is 16.9 Å². The third-order valence-electron chi connectivity index (χ3n) is 20.9. The number of hydrogen-bond acceptors (Lipinski definition) is 3. The van der Waals surface area contributed by atoms with Gasteiger partial charge in [0.1, 0.15) is 0 Å². The molecule has 10 aromatic carbocycles. The molecule has 4 aliphatic rings. The molecule has 3 aliphatic heterocycles. The molecule has 440 valence electrons. The average Bonchev–Trinajstić information content (AvgIpc) is 1.24. The predicted molar refractivity (Wildman–Crippen MR) is 380 cm³/mol. The summed E-state index contributed by atoms with van der Waals surface area (Å²) in [6, 6.07) is 85.1. The Morgan fingerprint density at radius 3 is 1.28 bits per heavy atom. The van der Waals surface area contributed by atoms with Gasteiger partial charge in [-0.2, -0.15) is 0 Å². The molecule has 2 atom stereocenters. The van der Waals surface area contributed by atoms with Crippen LogP contribution in [0.25, 0.3) is 44.5 Å². The molecule has 0 saturated heterocycles. The Balaban J connectivity index is 1.13. The number of nitrogens with zero attached hydrogens (tertiary/aromatic N) is 3. The van der Waals surface area contributed by atoms with Gasteiger partial charge < -0.3 is 14.7 Å². The van der Waals surface area contributed by atoms with Gasteiger partial charge in [0, 0.05) is 50.7 Å². The van der Waals surface area contributed by atoms with Crippen molar-refractivity contribution in [1.82, 2.24) is 0 Å². The molecule has 0 N–H and O–H groups in total. The van der Waals surface area contributed by atoms with Crippen molar-refractivity contribution >= 4 is 68.6 Å². The van der Waals surface area contributed by atoms with Crippen LogP contribution in [0.4, 0.5) is 45.5 Å². The lowest BCUT2D eigenvalue weighted by Crippen LogP contribution is -2.61. The summed E-state index contributed by atoms with van der Waals surface area (Å²) >= 11 is 0. The van der Waals surface area contributed by atoms with Crippen molar-refractivity contribution < 1.29 is 0 Å². The first-order valence-electron chi connectivity index (χ1n) is 32.5. The van der Waals surface area contributed by atoms with Crippen molar-refractivity contribution in [2.45, 2.75) is 155 Å². The second-order valence-electron chi connectivity index (χ2n) is 30.6. The predicted octanol–water partition coefficient (Wildman–Crippen LogP) is 21.4. The summed E-state index contributed by atoms with van der Waals surface area (Å²) in [6.07, 6.45) is 4.59. The Hall–Kier alpha value is -8.34. The molecule has 3 nitrogen and oxygen atoms in total. The minimum absolute atomic E-state index is 0.0767. The summed E-state index contributed by atoms with van der Waals surface area (Å²) in [7, 11) is 0. The zero-order chi connectivity index (χ0) is 61.5. The zero-order valence-electron chi connectivity index (χ0n) is 54.5. The maximum absolute atomic E-state index is 2.84. The molecule has 2 unspecified atom stereocenters. The van der Waals surface area contributed by atoms with Gasteiger partial charge in [0.25, 0.3) is 6.71 Å². The van der Waals surface area contributed by atoms with Gasteiger partial charge in [0.15, 0.2) is 0 Å². The van der Waals surface area contributed by atoms with E-state index in [1.54, 1.807) is 0 Å². The maximum Gasteiger partial charge on any atom is 0.252 e. The summed E-state index contributed by atoms with van der Waals surface area (Å²) in [5.74, 6) is 0. The highest BCUT2D eigenvalue weighted by Crippen LogP contribution is 2.63. The van der Waals surface area contributed by atoms with Crippen LogP contribution in [0.15, 0.2) is 218 Å². The second-order valence-corrected chi connectivity index (χ2v) is 30.6. The van der Waals surface area contributed by atoms with Crippen LogP contribution in [-0.4, -0.2) is 12.3 Å². The van der Waals surface area contributed by atoms with Crippen molar-refractivity contribution in [3.05, 3.63) is 246 Å². The van der Waals surface area contributed by atoms with E-state index in [0.717, 1.165) is 12.8 Å². The first-order valence-corrected chi connectivity index (χ1v) is 32.5. The minimum atomic E-state index is -0.242. The quantitative estimate of drug-likeness (QED) is 0.147. The molecule has 1 fully saturated rings. The largest absolute Gasteiger partial charge is 0.334 e. The molecule has 4 heteroatoms. The molecule has 0 spiro atoms. The normalized spacial score (nSPS) is 17.9. The van der Waals surface area contributed by atoms with Crippen LogP contribution in [0.1, 0.15) is 150 Å². The lowest BCUT2D eigenvalue weighted by molar-refractivity contribution is 0.195. The van der Waals surface area contributed by atoms with Gasteiger partial charge in [-0.25, -0.2) is 0 Å². The fourth-order valence-corrected chi connectivity index (χ4v) is 15.5. The summed E-state index contributed by atoms with van der Waals surface area (Å²) in [6.45, 7) is 33.2.